The molecule has 1 aliphatic heterocycles. The summed E-state index contributed by atoms with van der Waals surface area (Å²) in [6, 6.07) is 0. The summed E-state index contributed by atoms with van der Waals surface area (Å²) in [5.41, 5.74) is -1.05. The fourth-order valence-corrected chi connectivity index (χ4v) is 1.38. The third kappa shape index (κ3) is 1.76. The maximum atomic E-state index is 11.4. The van der Waals surface area contributed by atoms with Crippen molar-refractivity contribution < 1.29 is 19.1 Å². The van der Waals surface area contributed by atoms with Crippen LogP contribution in [0.3, 0.4) is 0 Å². The molecule has 0 saturated carbocycles. The second kappa shape index (κ2) is 3.77. The second-order valence-electron chi connectivity index (χ2n) is 3.51. The first-order valence-electron chi connectivity index (χ1n) is 4.39. The number of ketones is 1. The molecule has 1 atom stereocenters. The van der Waals surface area contributed by atoms with E-state index in [9.17, 15) is 14.4 Å². The molecule has 0 aromatic carbocycles. The molecule has 78 valence electrons. The van der Waals surface area contributed by atoms with Crippen molar-refractivity contribution in [2.75, 3.05) is 13.7 Å². The minimum Gasteiger partial charge on any atom is -0.469 e. The van der Waals surface area contributed by atoms with E-state index in [1.807, 2.05) is 0 Å². The maximum Gasteiger partial charge on any atom is 0.305 e. The van der Waals surface area contributed by atoms with E-state index in [-0.39, 0.29) is 31.1 Å². The van der Waals surface area contributed by atoms with Crippen LogP contribution in [0.4, 0.5) is 0 Å². The van der Waals surface area contributed by atoms with Gasteiger partial charge in [0.25, 0.3) is 0 Å². The Hall–Kier alpha value is -1.39. The number of nitrogens with one attached hydrogen (secondary N) is 1. The lowest BCUT2D eigenvalue weighted by Gasteiger charge is -2.17. The van der Waals surface area contributed by atoms with Gasteiger partial charge in [0.05, 0.1) is 13.7 Å². The highest BCUT2D eigenvalue weighted by molar-refractivity contribution is 6.12. The van der Waals surface area contributed by atoms with Crippen molar-refractivity contribution in [2.24, 2.45) is 5.41 Å². The quantitative estimate of drug-likeness (QED) is 0.498. The van der Waals surface area contributed by atoms with Crippen LogP contribution in [0.5, 0.6) is 0 Å². The molecule has 1 unspecified atom stereocenters. The van der Waals surface area contributed by atoms with E-state index < -0.39 is 11.4 Å². The summed E-state index contributed by atoms with van der Waals surface area (Å²) in [6.45, 7) is 1.62. The van der Waals surface area contributed by atoms with E-state index in [2.05, 4.69) is 10.1 Å². The minimum absolute atomic E-state index is 0.0660. The first-order chi connectivity index (χ1) is 6.50. The fourth-order valence-electron chi connectivity index (χ4n) is 1.38. The lowest BCUT2D eigenvalue weighted by Crippen LogP contribution is -2.32. The van der Waals surface area contributed by atoms with Gasteiger partial charge in [-0.15, -0.1) is 0 Å². The summed E-state index contributed by atoms with van der Waals surface area (Å²) in [7, 11) is 1.28. The normalized spacial score (nSPS) is 26.1. The van der Waals surface area contributed by atoms with Crippen LogP contribution in [0, 0.1) is 5.41 Å². The lowest BCUT2D eigenvalue weighted by atomic mass is 9.83. The molecule has 1 N–H and O–H groups in total. The summed E-state index contributed by atoms with van der Waals surface area (Å²) < 4.78 is 4.44. The molecule has 1 aliphatic rings. The molecule has 14 heavy (non-hydrogen) atoms. The van der Waals surface area contributed by atoms with E-state index in [4.69, 9.17) is 0 Å². The van der Waals surface area contributed by atoms with E-state index in [1.165, 1.54) is 7.11 Å². The molecule has 0 spiro atoms. The largest absolute Gasteiger partial charge is 0.469 e. The highest BCUT2D eigenvalue weighted by Crippen LogP contribution is 2.28. The van der Waals surface area contributed by atoms with E-state index in [0.29, 0.717) is 0 Å². The van der Waals surface area contributed by atoms with Gasteiger partial charge in [-0.3, -0.25) is 14.4 Å². The SMILES string of the molecule is COC(=O)CCC1(C)C(=O)CNC1=O. The maximum absolute atomic E-state index is 11.4. The molecule has 0 bridgehead atoms. The monoisotopic (exact) mass is 199 g/mol. The van der Waals surface area contributed by atoms with Crippen LogP contribution in [0.25, 0.3) is 0 Å². The van der Waals surface area contributed by atoms with E-state index in [0.717, 1.165) is 0 Å². The number of carbonyl (C=O) groups excluding carboxylic acids is 3. The fraction of sp³-hybridized carbons (Fsp3) is 0.667. The zero-order valence-electron chi connectivity index (χ0n) is 8.25. The van der Waals surface area contributed by atoms with Crippen LogP contribution in [0.15, 0.2) is 0 Å². The Morgan fingerprint density at radius 2 is 2.21 bits per heavy atom. The van der Waals surface area contributed by atoms with Crippen molar-refractivity contribution >= 4 is 17.7 Å². The van der Waals surface area contributed by atoms with Crippen LogP contribution in [-0.4, -0.2) is 31.3 Å². The van der Waals surface area contributed by atoms with Gasteiger partial charge in [-0.2, -0.15) is 0 Å². The van der Waals surface area contributed by atoms with Crippen LogP contribution >= 0.6 is 0 Å². The molecule has 1 fully saturated rings. The summed E-state index contributed by atoms with van der Waals surface area (Å²) in [4.78, 5) is 33.6. The summed E-state index contributed by atoms with van der Waals surface area (Å²) in [5.74, 6) is -0.864. The van der Waals surface area contributed by atoms with Crippen molar-refractivity contribution in [1.29, 1.82) is 0 Å². The number of amides is 1. The van der Waals surface area contributed by atoms with Crippen molar-refractivity contribution in [3.63, 3.8) is 0 Å². The third-order valence-electron chi connectivity index (χ3n) is 2.58. The van der Waals surface area contributed by atoms with E-state index >= 15 is 0 Å². The van der Waals surface area contributed by atoms with Gasteiger partial charge in [0, 0.05) is 6.42 Å². The van der Waals surface area contributed by atoms with Crippen molar-refractivity contribution in [1.82, 2.24) is 5.32 Å². The van der Waals surface area contributed by atoms with Gasteiger partial charge in [0.15, 0.2) is 5.78 Å². The molecular formula is C9H13NO4. The number of hydrogen-bond acceptors (Lipinski definition) is 4. The molecule has 1 heterocycles. The van der Waals surface area contributed by atoms with Gasteiger partial charge in [-0.25, -0.2) is 0 Å². The number of esters is 1. The van der Waals surface area contributed by atoms with Crippen LogP contribution in [0.1, 0.15) is 19.8 Å². The number of Topliss-reactive ketones (excluding diaryl/α,β-unsaturated/α-hetero) is 1. The number of carbonyl (C=O) groups is 3. The van der Waals surface area contributed by atoms with Gasteiger partial charge in [0.1, 0.15) is 5.41 Å². The highest BCUT2D eigenvalue weighted by Gasteiger charge is 2.45. The Bertz CT molecular complexity index is 269. The minimum atomic E-state index is -1.05. The Labute approximate surface area is 81.8 Å². The third-order valence-corrected chi connectivity index (χ3v) is 2.58. The molecule has 0 aromatic heterocycles. The van der Waals surface area contributed by atoms with Crippen molar-refractivity contribution in [2.45, 2.75) is 19.8 Å². The van der Waals surface area contributed by atoms with Gasteiger partial charge in [-0.1, -0.05) is 0 Å². The predicted molar refractivity (Wildman–Crippen MR) is 47.4 cm³/mol. The average Bonchev–Trinajstić information content (AvgIpc) is 2.43. The zero-order valence-corrected chi connectivity index (χ0v) is 8.25. The molecule has 1 amide bonds. The van der Waals surface area contributed by atoms with Crippen LogP contribution in [0.2, 0.25) is 0 Å². The Morgan fingerprint density at radius 1 is 1.57 bits per heavy atom. The van der Waals surface area contributed by atoms with Crippen LogP contribution in [-0.2, 0) is 19.1 Å². The lowest BCUT2D eigenvalue weighted by molar-refractivity contribution is -0.142. The van der Waals surface area contributed by atoms with Crippen molar-refractivity contribution in [3.8, 4) is 0 Å². The van der Waals surface area contributed by atoms with E-state index in [1.54, 1.807) is 6.92 Å². The topological polar surface area (TPSA) is 72.5 Å². The zero-order chi connectivity index (χ0) is 10.8. The summed E-state index contributed by atoms with van der Waals surface area (Å²) in [6.07, 6.45) is 0.302. The summed E-state index contributed by atoms with van der Waals surface area (Å²) in [5, 5.41) is 2.46. The molecule has 1 rings (SSSR count). The van der Waals surface area contributed by atoms with Gasteiger partial charge in [0.2, 0.25) is 5.91 Å². The number of methoxy groups -OCH3 is 1. The number of rotatable bonds is 3. The predicted octanol–water partition coefficient (Wildman–Crippen LogP) is -0.355. The number of hydrogen-bond donors (Lipinski definition) is 1. The van der Waals surface area contributed by atoms with Gasteiger partial charge in [-0.05, 0) is 13.3 Å². The Kier molecular flexibility index (Phi) is 2.88. The number of ether oxygens (including phenoxy) is 1. The second-order valence-corrected chi connectivity index (χ2v) is 3.51. The Balaban J connectivity index is 2.61. The molecule has 0 aliphatic carbocycles. The first kappa shape index (κ1) is 10.7. The Morgan fingerprint density at radius 3 is 2.64 bits per heavy atom. The molecule has 0 radical (unpaired) electrons. The first-order valence-corrected chi connectivity index (χ1v) is 4.39. The smallest absolute Gasteiger partial charge is 0.305 e. The average molecular weight is 199 g/mol. The molecule has 1 saturated heterocycles. The van der Waals surface area contributed by atoms with Gasteiger partial charge >= 0.3 is 5.97 Å². The van der Waals surface area contributed by atoms with Crippen LogP contribution < -0.4 is 5.32 Å². The van der Waals surface area contributed by atoms with Crippen molar-refractivity contribution in [3.05, 3.63) is 0 Å². The molecular weight excluding hydrogens is 186 g/mol. The standard InChI is InChI=1S/C9H13NO4/c1-9(4-3-7(12)14-2)6(11)5-10-8(9)13/h3-5H2,1-2H3,(H,10,13). The highest BCUT2D eigenvalue weighted by atomic mass is 16.5. The molecule has 5 heteroatoms. The van der Waals surface area contributed by atoms with Gasteiger partial charge < -0.3 is 10.1 Å². The molecule has 0 aromatic rings. The molecule has 5 nitrogen and oxygen atoms in total. The summed E-state index contributed by atoms with van der Waals surface area (Å²) >= 11 is 0.